The van der Waals surface area contributed by atoms with Crippen LogP contribution in [0.15, 0.2) is 24.3 Å². The van der Waals surface area contributed by atoms with E-state index in [0.29, 0.717) is 30.8 Å². The van der Waals surface area contributed by atoms with Gasteiger partial charge in [-0.05, 0) is 18.2 Å². The SMILES string of the molecule is COC[C@@H]1CN(C(=O)c2cccc(C#N)c2)C[C@H]1C(N)=O. The number of ether oxygens (including phenoxy) is 1. The second-order valence-corrected chi connectivity index (χ2v) is 5.13. The zero-order valence-corrected chi connectivity index (χ0v) is 11.8. The molecule has 0 radical (unpaired) electrons. The molecule has 0 aromatic heterocycles. The van der Waals surface area contributed by atoms with Crippen molar-refractivity contribution >= 4 is 11.8 Å². The number of nitrogens with two attached hydrogens (primary N) is 1. The zero-order chi connectivity index (χ0) is 15.4. The first-order chi connectivity index (χ1) is 10.1. The van der Waals surface area contributed by atoms with E-state index in [1.807, 2.05) is 6.07 Å². The van der Waals surface area contributed by atoms with Gasteiger partial charge in [-0.3, -0.25) is 9.59 Å². The van der Waals surface area contributed by atoms with Crippen molar-refractivity contribution in [1.29, 1.82) is 5.26 Å². The van der Waals surface area contributed by atoms with Crippen LogP contribution in [0.2, 0.25) is 0 Å². The molecule has 1 saturated heterocycles. The molecule has 1 fully saturated rings. The van der Waals surface area contributed by atoms with Crippen molar-refractivity contribution in [2.24, 2.45) is 17.6 Å². The van der Waals surface area contributed by atoms with Gasteiger partial charge >= 0.3 is 0 Å². The summed E-state index contributed by atoms with van der Waals surface area (Å²) in [5, 5.41) is 8.88. The second kappa shape index (κ2) is 6.37. The summed E-state index contributed by atoms with van der Waals surface area (Å²) in [6.07, 6.45) is 0. The highest BCUT2D eigenvalue weighted by Crippen LogP contribution is 2.25. The average Bonchev–Trinajstić information content (AvgIpc) is 2.91. The first-order valence-electron chi connectivity index (χ1n) is 6.64. The van der Waals surface area contributed by atoms with E-state index in [0.717, 1.165) is 0 Å². The number of benzene rings is 1. The van der Waals surface area contributed by atoms with Gasteiger partial charge in [-0.15, -0.1) is 0 Å². The Morgan fingerprint density at radius 2 is 2.24 bits per heavy atom. The van der Waals surface area contributed by atoms with Crippen LogP contribution in [0.5, 0.6) is 0 Å². The largest absolute Gasteiger partial charge is 0.384 e. The number of nitrogens with zero attached hydrogens (tertiary/aromatic N) is 2. The van der Waals surface area contributed by atoms with Crippen molar-refractivity contribution in [3.8, 4) is 6.07 Å². The van der Waals surface area contributed by atoms with Crippen LogP contribution >= 0.6 is 0 Å². The molecule has 1 aliphatic rings. The van der Waals surface area contributed by atoms with E-state index >= 15 is 0 Å². The quantitative estimate of drug-likeness (QED) is 0.865. The molecule has 0 unspecified atom stereocenters. The normalized spacial score (nSPS) is 21.0. The van der Waals surface area contributed by atoms with Crippen LogP contribution in [0.3, 0.4) is 0 Å². The molecule has 1 aliphatic heterocycles. The van der Waals surface area contributed by atoms with Gasteiger partial charge in [0.1, 0.15) is 0 Å². The van der Waals surface area contributed by atoms with Gasteiger partial charge in [0.05, 0.1) is 24.2 Å². The van der Waals surface area contributed by atoms with E-state index in [2.05, 4.69) is 0 Å². The summed E-state index contributed by atoms with van der Waals surface area (Å²) >= 11 is 0. The minimum absolute atomic E-state index is 0.0874. The van der Waals surface area contributed by atoms with Gasteiger partial charge in [-0.2, -0.15) is 5.26 Å². The molecule has 2 atom stereocenters. The van der Waals surface area contributed by atoms with Crippen LogP contribution in [0.4, 0.5) is 0 Å². The topological polar surface area (TPSA) is 96.4 Å². The van der Waals surface area contributed by atoms with E-state index in [9.17, 15) is 9.59 Å². The molecular formula is C15H17N3O3. The molecule has 2 rings (SSSR count). The number of hydrogen-bond donors (Lipinski definition) is 1. The van der Waals surface area contributed by atoms with Gasteiger partial charge in [0.2, 0.25) is 5.91 Å². The molecule has 110 valence electrons. The van der Waals surface area contributed by atoms with Gasteiger partial charge in [0, 0.05) is 31.7 Å². The molecule has 0 aliphatic carbocycles. The van der Waals surface area contributed by atoms with E-state index in [1.165, 1.54) is 0 Å². The highest BCUT2D eigenvalue weighted by atomic mass is 16.5. The summed E-state index contributed by atoms with van der Waals surface area (Å²) < 4.78 is 5.09. The fraction of sp³-hybridized carbons (Fsp3) is 0.400. The molecule has 6 nitrogen and oxygen atoms in total. The van der Waals surface area contributed by atoms with Crippen LogP contribution < -0.4 is 5.73 Å². The number of carbonyl (C=O) groups excluding carboxylic acids is 2. The highest BCUT2D eigenvalue weighted by Gasteiger charge is 2.38. The van der Waals surface area contributed by atoms with Crippen LogP contribution in [0.25, 0.3) is 0 Å². The van der Waals surface area contributed by atoms with E-state index in [1.54, 1.807) is 36.3 Å². The predicted octanol–water partition coefficient (Wildman–Crippen LogP) is 0.378. The van der Waals surface area contributed by atoms with Crippen LogP contribution in [0.1, 0.15) is 15.9 Å². The second-order valence-electron chi connectivity index (χ2n) is 5.13. The number of amides is 2. The lowest BCUT2D eigenvalue weighted by Crippen LogP contribution is -2.32. The minimum Gasteiger partial charge on any atom is -0.384 e. The summed E-state index contributed by atoms with van der Waals surface area (Å²) in [5.41, 5.74) is 6.26. The van der Waals surface area contributed by atoms with Crippen LogP contribution in [0, 0.1) is 23.2 Å². The number of methoxy groups -OCH3 is 1. The van der Waals surface area contributed by atoms with Crippen LogP contribution in [-0.2, 0) is 9.53 Å². The van der Waals surface area contributed by atoms with E-state index in [-0.39, 0.29) is 11.8 Å². The summed E-state index contributed by atoms with van der Waals surface area (Å²) in [4.78, 5) is 25.5. The number of hydrogen-bond acceptors (Lipinski definition) is 4. The molecule has 1 aromatic rings. The molecule has 2 N–H and O–H groups in total. The smallest absolute Gasteiger partial charge is 0.253 e. The average molecular weight is 287 g/mol. The number of carbonyl (C=O) groups is 2. The lowest BCUT2D eigenvalue weighted by molar-refractivity contribution is -0.122. The summed E-state index contributed by atoms with van der Waals surface area (Å²) in [6, 6.07) is 8.52. The maximum atomic E-state index is 12.5. The first kappa shape index (κ1) is 15.0. The first-order valence-corrected chi connectivity index (χ1v) is 6.64. The monoisotopic (exact) mass is 287 g/mol. The summed E-state index contributed by atoms with van der Waals surface area (Å²) in [7, 11) is 1.55. The molecule has 1 aromatic carbocycles. The third-order valence-corrected chi connectivity index (χ3v) is 3.71. The third-order valence-electron chi connectivity index (χ3n) is 3.71. The van der Waals surface area contributed by atoms with Crippen molar-refractivity contribution in [2.45, 2.75) is 0 Å². The van der Waals surface area contributed by atoms with Crippen molar-refractivity contribution in [3.05, 3.63) is 35.4 Å². The Hall–Kier alpha value is -2.39. The maximum absolute atomic E-state index is 12.5. The molecule has 0 saturated carbocycles. The van der Waals surface area contributed by atoms with Crippen molar-refractivity contribution in [2.75, 3.05) is 26.8 Å². The summed E-state index contributed by atoms with van der Waals surface area (Å²) in [6.45, 7) is 1.10. The van der Waals surface area contributed by atoms with Crippen molar-refractivity contribution < 1.29 is 14.3 Å². The lowest BCUT2D eigenvalue weighted by Gasteiger charge is -2.16. The molecule has 0 bridgehead atoms. The Morgan fingerprint density at radius 3 is 2.86 bits per heavy atom. The third kappa shape index (κ3) is 3.20. The Bertz CT molecular complexity index is 594. The molecule has 6 heteroatoms. The predicted molar refractivity (Wildman–Crippen MR) is 75.1 cm³/mol. The number of nitriles is 1. The molecule has 21 heavy (non-hydrogen) atoms. The standard InChI is InChI=1S/C15H17N3O3/c1-21-9-12-7-18(8-13(12)14(17)19)15(20)11-4-2-3-10(5-11)6-16/h2-5,12-13H,7-9H2,1H3,(H2,17,19)/t12-,13+/m0/s1. The van der Waals surface area contributed by atoms with Gasteiger partial charge in [0.15, 0.2) is 0 Å². The fourth-order valence-corrected chi connectivity index (χ4v) is 2.65. The summed E-state index contributed by atoms with van der Waals surface area (Å²) in [5.74, 6) is -1.10. The molecule has 0 spiro atoms. The minimum atomic E-state index is -0.418. The van der Waals surface area contributed by atoms with E-state index < -0.39 is 11.8 Å². The Labute approximate surface area is 123 Å². The van der Waals surface area contributed by atoms with Crippen molar-refractivity contribution in [1.82, 2.24) is 4.90 Å². The van der Waals surface area contributed by atoms with Gasteiger partial charge in [0.25, 0.3) is 5.91 Å². The Balaban J connectivity index is 2.17. The molecule has 1 heterocycles. The van der Waals surface area contributed by atoms with Crippen molar-refractivity contribution in [3.63, 3.8) is 0 Å². The maximum Gasteiger partial charge on any atom is 0.253 e. The number of likely N-dealkylation sites (tertiary alicyclic amines) is 1. The zero-order valence-electron chi connectivity index (χ0n) is 11.8. The molecular weight excluding hydrogens is 270 g/mol. The Morgan fingerprint density at radius 1 is 1.48 bits per heavy atom. The lowest BCUT2D eigenvalue weighted by atomic mass is 9.96. The molecule has 2 amide bonds. The van der Waals surface area contributed by atoms with Gasteiger partial charge < -0.3 is 15.4 Å². The van der Waals surface area contributed by atoms with Gasteiger partial charge in [-0.25, -0.2) is 0 Å². The van der Waals surface area contributed by atoms with Gasteiger partial charge in [-0.1, -0.05) is 6.07 Å². The number of primary amides is 1. The Kier molecular flexibility index (Phi) is 4.55. The fourth-order valence-electron chi connectivity index (χ4n) is 2.65. The van der Waals surface area contributed by atoms with E-state index in [4.69, 9.17) is 15.7 Å². The van der Waals surface area contributed by atoms with Crippen LogP contribution in [-0.4, -0.2) is 43.5 Å². The number of rotatable bonds is 4. The highest BCUT2D eigenvalue weighted by molar-refractivity contribution is 5.95.